The van der Waals surface area contributed by atoms with Gasteiger partial charge in [-0.1, -0.05) is 6.92 Å². The summed E-state index contributed by atoms with van der Waals surface area (Å²) in [7, 11) is 0. The Balaban J connectivity index is 4.91. The van der Waals surface area contributed by atoms with Gasteiger partial charge in [-0.3, -0.25) is 9.80 Å². The molecule has 0 unspecified atom stereocenters. The molecule has 0 saturated heterocycles. The summed E-state index contributed by atoms with van der Waals surface area (Å²) in [5.74, 6) is 0. The smallest absolute Gasteiger partial charge is 0.0130 e. The molecule has 25 heavy (non-hydrogen) atoms. The van der Waals surface area contributed by atoms with Crippen LogP contribution in [0.4, 0.5) is 0 Å². The van der Waals surface area contributed by atoms with Crippen LogP contribution < -0.4 is 0 Å². The van der Waals surface area contributed by atoms with Crippen molar-refractivity contribution in [3.63, 3.8) is 0 Å². The third-order valence-electron chi connectivity index (χ3n) is 4.97. The zero-order valence-electron chi connectivity index (χ0n) is 19.9. The highest BCUT2D eigenvalue weighted by atomic mass is 15.3. The van der Waals surface area contributed by atoms with E-state index in [1.807, 2.05) is 0 Å². The van der Waals surface area contributed by atoms with E-state index in [2.05, 4.69) is 105 Å². The molecule has 0 aliphatic carbocycles. The topological polar surface area (TPSA) is 9.72 Å². The first-order chi connectivity index (χ1) is 10.9. The number of likely N-dealkylation sites (N-methyl/N-ethyl adjacent to an activating group) is 1. The molecule has 0 amide bonds. The molecular formula is C22H49N3. The second kappa shape index (κ2) is 8.71. The zero-order chi connectivity index (χ0) is 20.3. The second-order valence-electron chi connectivity index (χ2n) is 11.4. The van der Waals surface area contributed by atoms with Gasteiger partial charge in [0.1, 0.15) is 0 Å². The maximum atomic E-state index is 2.63. The van der Waals surface area contributed by atoms with E-state index >= 15 is 0 Å². The molecule has 0 rings (SSSR count). The van der Waals surface area contributed by atoms with Gasteiger partial charge in [-0.2, -0.15) is 0 Å². The largest absolute Gasteiger partial charge is 0.301 e. The number of nitrogens with zero attached hydrogens (tertiary/aromatic N) is 3. The van der Waals surface area contributed by atoms with Crippen molar-refractivity contribution in [2.75, 3.05) is 32.7 Å². The molecule has 0 saturated carbocycles. The molecule has 0 N–H and O–H groups in total. The lowest BCUT2D eigenvalue weighted by Crippen LogP contribution is -2.56. The fraction of sp³-hybridized carbons (Fsp3) is 1.00. The van der Waals surface area contributed by atoms with Crippen LogP contribution in [0.3, 0.4) is 0 Å². The van der Waals surface area contributed by atoms with E-state index in [0.29, 0.717) is 0 Å². The van der Waals surface area contributed by atoms with Crippen LogP contribution in [0.5, 0.6) is 0 Å². The van der Waals surface area contributed by atoms with Crippen molar-refractivity contribution in [1.82, 2.24) is 14.7 Å². The molecule has 0 aliphatic heterocycles. The quantitative estimate of drug-likeness (QED) is 0.628. The molecule has 0 atom stereocenters. The highest BCUT2D eigenvalue weighted by Gasteiger charge is 2.33. The van der Waals surface area contributed by atoms with Crippen molar-refractivity contribution in [2.24, 2.45) is 0 Å². The first kappa shape index (κ1) is 24.9. The molecule has 0 fully saturated rings. The maximum Gasteiger partial charge on any atom is 0.0130 e. The highest BCUT2D eigenvalue weighted by Crippen LogP contribution is 2.25. The van der Waals surface area contributed by atoms with Crippen LogP contribution in [0.25, 0.3) is 0 Å². The van der Waals surface area contributed by atoms with Crippen LogP contribution in [0.15, 0.2) is 0 Å². The van der Waals surface area contributed by atoms with Gasteiger partial charge in [0, 0.05) is 48.3 Å². The number of hydrogen-bond donors (Lipinski definition) is 0. The molecule has 3 heteroatoms. The summed E-state index contributed by atoms with van der Waals surface area (Å²) in [6, 6.07) is 0. The van der Waals surface area contributed by atoms with E-state index < -0.39 is 0 Å². The molecule has 0 bridgehead atoms. The van der Waals surface area contributed by atoms with E-state index in [1.165, 1.54) is 0 Å². The molecule has 3 nitrogen and oxygen atoms in total. The average molecular weight is 356 g/mol. The Morgan fingerprint density at radius 2 is 0.680 bits per heavy atom. The van der Waals surface area contributed by atoms with E-state index in [9.17, 15) is 0 Å². The van der Waals surface area contributed by atoms with Gasteiger partial charge in [-0.25, -0.2) is 0 Å². The third-order valence-corrected chi connectivity index (χ3v) is 4.97. The molecule has 0 heterocycles. The normalized spacial score (nSPS) is 14.9. The molecule has 152 valence electrons. The summed E-state index contributed by atoms with van der Waals surface area (Å²) in [5.41, 5.74) is 0.780. The van der Waals surface area contributed by atoms with Crippen LogP contribution >= 0.6 is 0 Å². The first-order valence-electron chi connectivity index (χ1n) is 10.2. The standard InChI is InChI=1S/C22H49N3/c1-14-23(15-17-24(19(2,3)4)20(5,6)7)16-18-25(21(8,9)10)22(11,12)13/h14-18H2,1-13H3. The summed E-state index contributed by atoms with van der Waals surface area (Å²) in [4.78, 5) is 7.87. The molecule has 0 aromatic heterocycles. The van der Waals surface area contributed by atoms with Gasteiger partial charge >= 0.3 is 0 Å². The van der Waals surface area contributed by atoms with Gasteiger partial charge in [0.05, 0.1) is 0 Å². The number of hydrogen-bond acceptors (Lipinski definition) is 3. The molecule has 0 aromatic carbocycles. The monoisotopic (exact) mass is 355 g/mol. The van der Waals surface area contributed by atoms with E-state index in [1.54, 1.807) is 0 Å². The SMILES string of the molecule is CCN(CCN(C(C)(C)C)C(C)(C)C)CCN(C(C)(C)C)C(C)(C)C. The van der Waals surface area contributed by atoms with Gasteiger partial charge < -0.3 is 4.90 Å². The summed E-state index contributed by atoms with van der Waals surface area (Å²) >= 11 is 0. The van der Waals surface area contributed by atoms with Gasteiger partial charge in [0.15, 0.2) is 0 Å². The summed E-state index contributed by atoms with van der Waals surface area (Å²) in [5, 5.41) is 0. The molecule has 0 spiro atoms. The first-order valence-corrected chi connectivity index (χ1v) is 10.2. The van der Waals surface area contributed by atoms with Crippen molar-refractivity contribution < 1.29 is 0 Å². The highest BCUT2D eigenvalue weighted by molar-refractivity contribution is 4.89. The van der Waals surface area contributed by atoms with Crippen LogP contribution in [-0.4, -0.2) is 69.6 Å². The second-order valence-corrected chi connectivity index (χ2v) is 11.4. The van der Waals surface area contributed by atoms with E-state index in [-0.39, 0.29) is 22.2 Å². The fourth-order valence-electron chi connectivity index (χ4n) is 4.26. The number of rotatable bonds is 7. The predicted molar refractivity (Wildman–Crippen MR) is 115 cm³/mol. The van der Waals surface area contributed by atoms with Crippen LogP contribution in [-0.2, 0) is 0 Å². The molecule has 0 radical (unpaired) electrons. The Labute approximate surface area is 160 Å². The Morgan fingerprint density at radius 1 is 0.440 bits per heavy atom. The predicted octanol–water partition coefficient (Wildman–Crippen LogP) is 5.11. The Kier molecular flexibility index (Phi) is 8.67. The van der Waals surface area contributed by atoms with Crippen molar-refractivity contribution in [1.29, 1.82) is 0 Å². The molecule has 0 aliphatic rings. The fourth-order valence-corrected chi connectivity index (χ4v) is 4.26. The minimum Gasteiger partial charge on any atom is -0.301 e. The summed E-state index contributed by atoms with van der Waals surface area (Å²) in [6.45, 7) is 35.8. The third kappa shape index (κ3) is 8.88. The summed E-state index contributed by atoms with van der Waals surface area (Å²) in [6.07, 6.45) is 0. The Hall–Kier alpha value is -0.120. The Morgan fingerprint density at radius 3 is 0.840 bits per heavy atom. The molecule has 0 aromatic rings. The summed E-state index contributed by atoms with van der Waals surface area (Å²) < 4.78 is 0. The average Bonchev–Trinajstić information content (AvgIpc) is 2.30. The van der Waals surface area contributed by atoms with Crippen molar-refractivity contribution in [2.45, 2.75) is 112 Å². The van der Waals surface area contributed by atoms with Gasteiger partial charge in [-0.15, -0.1) is 0 Å². The van der Waals surface area contributed by atoms with Crippen LogP contribution in [0, 0.1) is 0 Å². The van der Waals surface area contributed by atoms with Crippen molar-refractivity contribution in [3.05, 3.63) is 0 Å². The Bertz CT molecular complexity index is 310. The maximum absolute atomic E-state index is 2.63. The van der Waals surface area contributed by atoms with Crippen molar-refractivity contribution in [3.8, 4) is 0 Å². The lowest BCUT2D eigenvalue weighted by atomic mass is 9.95. The van der Waals surface area contributed by atoms with Crippen molar-refractivity contribution >= 4 is 0 Å². The molecular weight excluding hydrogens is 306 g/mol. The minimum absolute atomic E-state index is 0.195. The lowest BCUT2D eigenvalue weighted by molar-refractivity contribution is 0.0144. The van der Waals surface area contributed by atoms with Crippen LogP contribution in [0.1, 0.15) is 90.0 Å². The minimum atomic E-state index is 0.195. The van der Waals surface area contributed by atoms with Gasteiger partial charge in [-0.05, 0) is 89.6 Å². The zero-order valence-corrected chi connectivity index (χ0v) is 19.9. The van der Waals surface area contributed by atoms with E-state index in [0.717, 1.165) is 32.7 Å². The van der Waals surface area contributed by atoms with Crippen LogP contribution in [0.2, 0.25) is 0 Å². The van der Waals surface area contributed by atoms with E-state index in [4.69, 9.17) is 0 Å². The van der Waals surface area contributed by atoms with Gasteiger partial charge in [0.2, 0.25) is 0 Å². The van der Waals surface area contributed by atoms with Gasteiger partial charge in [0.25, 0.3) is 0 Å². The lowest BCUT2D eigenvalue weighted by Gasteiger charge is -2.47.